The summed E-state index contributed by atoms with van der Waals surface area (Å²) in [5, 5.41) is 0. The number of hydrogen-bond acceptors (Lipinski definition) is 2. The third-order valence-electron chi connectivity index (χ3n) is 1.79. The van der Waals surface area contributed by atoms with Crippen molar-refractivity contribution in [3.8, 4) is 0 Å². The highest BCUT2D eigenvalue weighted by Crippen LogP contribution is 2.06. The van der Waals surface area contributed by atoms with Crippen molar-refractivity contribution in [1.82, 2.24) is 4.72 Å². The smallest absolute Gasteiger partial charge is 0.215 e. The lowest BCUT2D eigenvalue weighted by atomic mass is 10.2. The summed E-state index contributed by atoms with van der Waals surface area (Å²) in [4.78, 5) is 0. The van der Waals surface area contributed by atoms with E-state index in [1.807, 2.05) is 31.2 Å². The number of nitrogens with one attached hydrogen (secondary N) is 1. The van der Waals surface area contributed by atoms with E-state index >= 15 is 0 Å². The van der Waals surface area contributed by atoms with Gasteiger partial charge in [-0.25, -0.2) is 13.1 Å². The molecule has 0 unspecified atom stereocenters. The molecule has 1 aromatic carbocycles. The quantitative estimate of drug-likeness (QED) is 0.790. The molecular weight excluding hydrogens is 186 g/mol. The monoisotopic (exact) mass is 199 g/mol. The summed E-state index contributed by atoms with van der Waals surface area (Å²) < 4.78 is 24.6. The second-order valence-corrected chi connectivity index (χ2v) is 4.88. The van der Waals surface area contributed by atoms with Crippen molar-refractivity contribution in [2.24, 2.45) is 0 Å². The first-order chi connectivity index (χ1) is 6.03. The number of benzene rings is 1. The second kappa shape index (κ2) is 3.89. The lowest BCUT2D eigenvalue weighted by molar-refractivity contribution is 0.587. The fourth-order valence-corrected chi connectivity index (χ4v) is 1.75. The van der Waals surface area contributed by atoms with Gasteiger partial charge in [0.15, 0.2) is 0 Å². The molecule has 0 heterocycles. The Morgan fingerprint density at radius 2 is 1.77 bits per heavy atom. The predicted molar refractivity (Wildman–Crippen MR) is 52.9 cm³/mol. The Bertz CT molecular complexity index is 367. The SMILES string of the molecule is CNS(=O)(=O)Cc1ccc(C)cc1. The third kappa shape index (κ3) is 3.16. The van der Waals surface area contributed by atoms with Crippen LogP contribution in [0.3, 0.4) is 0 Å². The molecule has 0 aliphatic heterocycles. The molecule has 0 aliphatic rings. The van der Waals surface area contributed by atoms with Crippen LogP contribution < -0.4 is 4.72 Å². The summed E-state index contributed by atoms with van der Waals surface area (Å²) in [5.41, 5.74) is 1.94. The number of aryl methyl sites for hydroxylation is 1. The molecule has 0 aromatic heterocycles. The molecule has 0 atom stereocenters. The van der Waals surface area contributed by atoms with Gasteiger partial charge in [-0.3, -0.25) is 0 Å². The van der Waals surface area contributed by atoms with Crippen molar-refractivity contribution in [3.05, 3.63) is 35.4 Å². The molecule has 1 aromatic rings. The highest BCUT2D eigenvalue weighted by molar-refractivity contribution is 7.88. The summed E-state index contributed by atoms with van der Waals surface area (Å²) in [6.45, 7) is 1.97. The summed E-state index contributed by atoms with van der Waals surface area (Å²) in [7, 11) is -1.72. The minimum atomic E-state index is -3.14. The van der Waals surface area contributed by atoms with Crippen molar-refractivity contribution >= 4 is 10.0 Å². The highest BCUT2D eigenvalue weighted by Gasteiger charge is 2.07. The highest BCUT2D eigenvalue weighted by atomic mass is 32.2. The maximum Gasteiger partial charge on any atom is 0.215 e. The van der Waals surface area contributed by atoms with E-state index in [1.54, 1.807) is 0 Å². The van der Waals surface area contributed by atoms with E-state index < -0.39 is 10.0 Å². The summed E-state index contributed by atoms with van der Waals surface area (Å²) in [6.07, 6.45) is 0. The molecule has 0 saturated heterocycles. The van der Waals surface area contributed by atoms with Crippen LogP contribution in [0.2, 0.25) is 0 Å². The van der Waals surface area contributed by atoms with E-state index in [9.17, 15) is 8.42 Å². The van der Waals surface area contributed by atoms with Gasteiger partial charge in [0.2, 0.25) is 10.0 Å². The van der Waals surface area contributed by atoms with Gasteiger partial charge in [0.1, 0.15) is 0 Å². The van der Waals surface area contributed by atoms with E-state index in [-0.39, 0.29) is 5.75 Å². The Morgan fingerprint density at radius 3 is 2.23 bits per heavy atom. The first kappa shape index (κ1) is 10.2. The minimum Gasteiger partial charge on any atom is -0.218 e. The van der Waals surface area contributed by atoms with Gasteiger partial charge < -0.3 is 0 Å². The zero-order valence-corrected chi connectivity index (χ0v) is 8.56. The van der Waals surface area contributed by atoms with E-state index in [1.165, 1.54) is 7.05 Å². The Labute approximate surface area is 78.8 Å². The molecule has 0 bridgehead atoms. The first-order valence-electron chi connectivity index (χ1n) is 4.00. The van der Waals surface area contributed by atoms with E-state index in [0.29, 0.717) is 0 Å². The zero-order chi connectivity index (χ0) is 9.90. The minimum absolute atomic E-state index is 0.0454. The van der Waals surface area contributed by atoms with Gasteiger partial charge in [-0.15, -0.1) is 0 Å². The van der Waals surface area contributed by atoms with Crippen LogP contribution >= 0.6 is 0 Å². The third-order valence-corrected chi connectivity index (χ3v) is 3.12. The van der Waals surface area contributed by atoms with Crippen LogP contribution in [0.1, 0.15) is 11.1 Å². The van der Waals surface area contributed by atoms with Gasteiger partial charge in [0.25, 0.3) is 0 Å². The van der Waals surface area contributed by atoms with Gasteiger partial charge in [0.05, 0.1) is 5.75 Å². The average Bonchev–Trinajstić information content (AvgIpc) is 2.09. The van der Waals surface area contributed by atoms with E-state index in [0.717, 1.165) is 11.1 Å². The molecule has 0 aliphatic carbocycles. The van der Waals surface area contributed by atoms with Gasteiger partial charge in [-0.1, -0.05) is 29.8 Å². The molecule has 1 rings (SSSR count). The van der Waals surface area contributed by atoms with Crippen molar-refractivity contribution in [3.63, 3.8) is 0 Å². The molecule has 1 N–H and O–H groups in total. The van der Waals surface area contributed by atoms with Crippen molar-refractivity contribution in [2.75, 3.05) is 7.05 Å². The van der Waals surface area contributed by atoms with Crippen LogP contribution in [0.5, 0.6) is 0 Å². The molecule has 0 spiro atoms. The van der Waals surface area contributed by atoms with E-state index in [2.05, 4.69) is 4.72 Å². The molecule has 0 amide bonds. The number of rotatable bonds is 3. The maximum atomic E-state index is 11.1. The maximum absolute atomic E-state index is 11.1. The normalized spacial score (nSPS) is 11.5. The lowest BCUT2D eigenvalue weighted by Crippen LogP contribution is -2.20. The fraction of sp³-hybridized carbons (Fsp3) is 0.333. The molecular formula is C9H13NO2S. The average molecular weight is 199 g/mol. The largest absolute Gasteiger partial charge is 0.218 e. The molecule has 13 heavy (non-hydrogen) atoms. The Kier molecular flexibility index (Phi) is 3.06. The van der Waals surface area contributed by atoms with Crippen LogP contribution in [0.25, 0.3) is 0 Å². The molecule has 0 saturated carbocycles. The van der Waals surface area contributed by atoms with Crippen molar-refractivity contribution in [2.45, 2.75) is 12.7 Å². The van der Waals surface area contributed by atoms with Crippen LogP contribution in [0, 0.1) is 6.92 Å². The second-order valence-electron chi connectivity index (χ2n) is 2.95. The summed E-state index contributed by atoms with van der Waals surface area (Å²) in [6, 6.07) is 7.45. The lowest BCUT2D eigenvalue weighted by Gasteiger charge is -2.02. The topological polar surface area (TPSA) is 46.2 Å². The van der Waals surface area contributed by atoms with Crippen LogP contribution in [0.4, 0.5) is 0 Å². The van der Waals surface area contributed by atoms with E-state index in [4.69, 9.17) is 0 Å². The van der Waals surface area contributed by atoms with Gasteiger partial charge in [0, 0.05) is 0 Å². The molecule has 72 valence electrons. The van der Waals surface area contributed by atoms with Gasteiger partial charge in [-0.2, -0.15) is 0 Å². The molecule has 3 nitrogen and oxygen atoms in total. The Hall–Kier alpha value is -0.870. The van der Waals surface area contributed by atoms with Crippen LogP contribution in [-0.4, -0.2) is 15.5 Å². The summed E-state index contributed by atoms with van der Waals surface area (Å²) in [5.74, 6) is 0.0454. The molecule has 0 radical (unpaired) electrons. The Balaban J connectivity index is 2.82. The predicted octanol–water partition coefficient (Wildman–Crippen LogP) is 1.04. The first-order valence-corrected chi connectivity index (χ1v) is 5.65. The zero-order valence-electron chi connectivity index (χ0n) is 7.74. The Morgan fingerprint density at radius 1 is 1.23 bits per heavy atom. The van der Waals surface area contributed by atoms with Crippen molar-refractivity contribution < 1.29 is 8.42 Å². The fourth-order valence-electron chi connectivity index (χ4n) is 0.976. The number of hydrogen-bond donors (Lipinski definition) is 1. The number of sulfonamides is 1. The van der Waals surface area contributed by atoms with Crippen LogP contribution in [-0.2, 0) is 15.8 Å². The standard InChI is InChI=1S/C9H13NO2S/c1-8-3-5-9(6-4-8)7-13(11,12)10-2/h3-6,10H,7H2,1-2H3. The summed E-state index contributed by atoms with van der Waals surface area (Å²) >= 11 is 0. The van der Waals surface area contributed by atoms with Crippen LogP contribution in [0.15, 0.2) is 24.3 Å². The van der Waals surface area contributed by atoms with Crippen molar-refractivity contribution in [1.29, 1.82) is 0 Å². The van der Waals surface area contributed by atoms with Gasteiger partial charge >= 0.3 is 0 Å². The van der Waals surface area contributed by atoms with Gasteiger partial charge in [-0.05, 0) is 19.5 Å². The molecule has 4 heteroatoms. The molecule has 0 fully saturated rings.